The Morgan fingerprint density at radius 1 is 1.20 bits per heavy atom. The second-order valence-corrected chi connectivity index (χ2v) is 7.05. The maximum absolute atomic E-state index is 12.1. The standard InChI is InChI=1S/C13H20N2O4S/c1-13(2,3)14-20(17,18)11-8-6-10(7-9-11)12(16)15(4)19-5/h6-9,14H,1-5H3. The highest BCUT2D eigenvalue weighted by Crippen LogP contribution is 2.14. The number of hydrogen-bond donors (Lipinski definition) is 1. The molecule has 20 heavy (non-hydrogen) atoms. The van der Waals surface area contributed by atoms with Crippen LogP contribution in [0.2, 0.25) is 0 Å². The Balaban J connectivity index is 3.00. The number of amides is 1. The molecule has 0 fully saturated rings. The Bertz CT molecular complexity index is 573. The Hall–Kier alpha value is -1.44. The van der Waals surface area contributed by atoms with E-state index >= 15 is 0 Å². The van der Waals surface area contributed by atoms with Gasteiger partial charge in [-0.3, -0.25) is 9.63 Å². The predicted octanol–water partition coefficient (Wildman–Crippen LogP) is 1.40. The summed E-state index contributed by atoms with van der Waals surface area (Å²) in [5.41, 5.74) is -0.215. The minimum Gasteiger partial charge on any atom is -0.274 e. The number of nitrogens with zero attached hydrogens (tertiary/aromatic N) is 1. The van der Waals surface area contributed by atoms with Gasteiger partial charge in [0.05, 0.1) is 12.0 Å². The van der Waals surface area contributed by atoms with E-state index in [1.54, 1.807) is 20.8 Å². The monoisotopic (exact) mass is 300 g/mol. The number of hydrogen-bond acceptors (Lipinski definition) is 4. The third-order valence-corrected chi connectivity index (χ3v) is 4.19. The van der Waals surface area contributed by atoms with Crippen molar-refractivity contribution in [1.29, 1.82) is 0 Å². The van der Waals surface area contributed by atoms with Gasteiger partial charge in [-0.15, -0.1) is 0 Å². The number of carbonyl (C=O) groups is 1. The Morgan fingerprint density at radius 3 is 2.10 bits per heavy atom. The molecule has 0 heterocycles. The predicted molar refractivity (Wildman–Crippen MR) is 75.6 cm³/mol. The molecule has 1 rings (SSSR count). The van der Waals surface area contributed by atoms with E-state index in [0.717, 1.165) is 5.06 Å². The molecule has 0 bridgehead atoms. The van der Waals surface area contributed by atoms with E-state index in [4.69, 9.17) is 4.84 Å². The van der Waals surface area contributed by atoms with Crippen LogP contribution in [0.3, 0.4) is 0 Å². The van der Waals surface area contributed by atoms with Crippen LogP contribution in [0.5, 0.6) is 0 Å². The van der Waals surface area contributed by atoms with Crippen LogP contribution in [-0.2, 0) is 14.9 Å². The normalized spacial score (nSPS) is 12.2. The summed E-state index contributed by atoms with van der Waals surface area (Å²) < 4.78 is 26.7. The molecule has 1 aromatic carbocycles. The number of rotatable bonds is 4. The van der Waals surface area contributed by atoms with Crippen LogP contribution in [0.1, 0.15) is 31.1 Å². The van der Waals surface area contributed by atoms with Gasteiger partial charge in [-0.1, -0.05) is 0 Å². The van der Waals surface area contributed by atoms with Crippen LogP contribution >= 0.6 is 0 Å². The maximum atomic E-state index is 12.1. The zero-order chi connectivity index (χ0) is 15.6. The van der Waals surface area contributed by atoms with Crippen molar-refractivity contribution in [2.45, 2.75) is 31.2 Å². The highest BCUT2D eigenvalue weighted by atomic mass is 32.2. The summed E-state index contributed by atoms with van der Waals surface area (Å²) in [6.07, 6.45) is 0. The molecule has 112 valence electrons. The SMILES string of the molecule is CON(C)C(=O)c1ccc(S(=O)(=O)NC(C)(C)C)cc1. The zero-order valence-corrected chi connectivity index (χ0v) is 13.1. The molecule has 0 aliphatic carbocycles. The van der Waals surface area contributed by atoms with Crippen LogP contribution in [0, 0.1) is 0 Å². The van der Waals surface area contributed by atoms with Gasteiger partial charge < -0.3 is 0 Å². The minimum atomic E-state index is -3.59. The molecule has 0 saturated heterocycles. The third-order valence-electron chi connectivity index (χ3n) is 2.41. The Labute approximate surface area is 119 Å². The zero-order valence-electron chi connectivity index (χ0n) is 12.3. The molecular weight excluding hydrogens is 280 g/mol. The van der Waals surface area contributed by atoms with E-state index in [1.165, 1.54) is 38.4 Å². The fourth-order valence-electron chi connectivity index (χ4n) is 1.50. The van der Waals surface area contributed by atoms with Crippen molar-refractivity contribution in [3.63, 3.8) is 0 Å². The van der Waals surface area contributed by atoms with Crippen LogP contribution in [0.4, 0.5) is 0 Å². The fraction of sp³-hybridized carbons (Fsp3) is 0.462. The van der Waals surface area contributed by atoms with Crippen molar-refractivity contribution >= 4 is 15.9 Å². The third kappa shape index (κ3) is 4.29. The van der Waals surface area contributed by atoms with Crippen molar-refractivity contribution in [3.05, 3.63) is 29.8 Å². The molecule has 1 aromatic rings. The average molecular weight is 300 g/mol. The lowest BCUT2D eigenvalue weighted by molar-refractivity contribution is -0.0757. The van der Waals surface area contributed by atoms with Crippen molar-refractivity contribution in [2.75, 3.05) is 14.2 Å². The molecule has 0 atom stereocenters. The lowest BCUT2D eigenvalue weighted by atomic mass is 10.1. The molecule has 0 spiro atoms. The van der Waals surface area contributed by atoms with E-state index in [1.807, 2.05) is 0 Å². The molecule has 0 aliphatic rings. The van der Waals surface area contributed by atoms with Gasteiger partial charge in [0.1, 0.15) is 0 Å². The van der Waals surface area contributed by atoms with Crippen molar-refractivity contribution < 1.29 is 18.0 Å². The van der Waals surface area contributed by atoms with Crippen molar-refractivity contribution in [3.8, 4) is 0 Å². The smallest absolute Gasteiger partial charge is 0.274 e. The molecule has 0 aliphatic heterocycles. The second-order valence-electron chi connectivity index (χ2n) is 5.37. The number of hydroxylamine groups is 2. The van der Waals surface area contributed by atoms with E-state index in [0.29, 0.717) is 5.56 Å². The highest BCUT2D eigenvalue weighted by molar-refractivity contribution is 7.89. The summed E-state index contributed by atoms with van der Waals surface area (Å²) in [7, 11) is -0.733. The largest absolute Gasteiger partial charge is 0.277 e. The van der Waals surface area contributed by atoms with Gasteiger partial charge in [-0.05, 0) is 45.0 Å². The molecule has 0 aromatic heterocycles. The molecule has 7 heteroatoms. The van der Waals surface area contributed by atoms with Crippen LogP contribution in [0.25, 0.3) is 0 Å². The van der Waals surface area contributed by atoms with E-state index in [-0.39, 0.29) is 10.8 Å². The van der Waals surface area contributed by atoms with Gasteiger partial charge in [-0.2, -0.15) is 0 Å². The van der Waals surface area contributed by atoms with Gasteiger partial charge in [-0.25, -0.2) is 18.2 Å². The first-order valence-electron chi connectivity index (χ1n) is 6.03. The van der Waals surface area contributed by atoms with Gasteiger partial charge in [0.25, 0.3) is 5.91 Å². The van der Waals surface area contributed by atoms with Crippen LogP contribution in [-0.4, -0.2) is 39.1 Å². The number of nitrogens with one attached hydrogen (secondary N) is 1. The Morgan fingerprint density at radius 2 is 1.70 bits per heavy atom. The fourth-order valence-corrected chi connectivity index (χ4v) is 2.92. The molecule has 0 saturated carbocycles. The molecule has 0 radical (unpaired) electrons. The first kappa shape index (κ1) is 16.6. The number of benzene rings is 1. The first-order valence-corrected chi connectivity index (χ1v) is 7.51. The number of carbonyl (C=O) groups excluding carboxylic acids is 1. The van der Waals surface area contributed by atoms with Gasteiger partial charge in [0.2, 0.25) is 10.0 Å². The van der Waals surface area contributed by atoms with E-state index < -0.39 is 15.6 Å². The average Bonchev–Trinajstić information content (AvgIpc) is 2.34. The summed E-state index contributed by atoms with van der Waals surface area (Å²) in [6.45, 7) is 5.28. The first-order chi connectivity index (χ1) is 9.07. The van der Waals surface area contributed by atoms with Crippen molar-refractivity contribution in [1.82, 2.24) is 9.79 Å². The molecule has 1 amide bonds. The summed E-state index contributed by atoms with van der Waals surface area (Å²) in [5.74, 6) is -0.347. The minimum absolute atomic E-state index is 0.115. The van der Waals surface area contributed by atoms with Crippen molar-refractivity contribution in [2.24, 2.45) is 0 Å². The summed E-state index contributed by atoms with van der Waals surface area (Å²) in [6, 6.07) is 5.69. The van der Waals surface area contributed by atoms with E-state index in [9.17, 15) is 13.2 Å². The topological polar surface area (TPSA) is 75.7 Å². The van der Waals surface area contributed by atoms with Gasteiger partial charge in [0.15, 0.2) is 0 Å². The lowest BCUT2D eigenvalue weighted by Gasteiger charge is -2.20. The molecule has 1 N–H and O–H groups in total. The van der Waals surface area contributed by atoms with Crippen LogP contribution in [0.15, 0.2) is 29.2 Å². The van der Waals surface area contributed by atoms with Gasteiger partial charge in [0, 0.05) is 18.2 Å². The maximum Gasteiger partial charge on any atom is 0.277 e. The quantitative estimate of drug-likeness (QED) is 0.853. The van der Waals surface area contributed by atoms with Gasteiger partial charge >= 0.3 is 0 Å². The molecule has 0 unspecified atom stereocenters. The summed E-state index contributed by atoms with van der Waals surface area (Å²) in [4.78, 5) is 16.7. The lowest BCUT2D eigenvalue weighted by Crippen LogP contribution is -2.40. The number of sulfonamides is 1. The van der Waals surface area contributed by atoms with Crippen LogP contribution < -0.4 is 4.72 Å². The highest BCUT2D eigenvalue weighted by Gasteiger charge is 2.22. The summed E-state index contributed by atoms with van der Waals surface area (Å²) in [5, 5.41) is 1.07. The van der Waals surface area contributed by atoms with E-state index in [2.05, 4.69) is 4.72 Å². The molecule has 6 nitrogen and oxygen atoms in total. The second kappa shape index (κ2) is 5.90. The molecular formula is C13H20N2O4S. The summed E-state index contributed by atoms with van der Waals surface area (Å²) >= 11 is 0. The Kier molecular flexibility index (Phi) is 4.90.